The third kappa shape index (κ3) is 3.55. The lowest BCUT2D eigenvalue weighted by Crippen LogP contribution is -2.44. The highest BCUT2D eigenvalue weighted by Crippen LogP contribution is 2.15. The van der Waals surface area contributed by atoms with Gasteiger partial charge in [0.05, 0.1) is 24.9 Å². The molecule has 0 spiro atoms. The Kier molecular flexibility index (Phi) is 4.42. The molecule has 1 amide bonds. The lowest BCUT2D eigenvalue weighted by atomic mass is 10.1. The van der Waals surface area contributed by atoms with E-state index in [1.807, 2.05) is 25.2 Å². The van der Waals surface area contributed by atoms with Crippen LogP contribution < -0.4 is 5.32 Å². The van der Waals surface area contributed by atoms with E-state index in [0.717, 1.165) is 29.7 Å². The highest BCUT2D eigenvalue weighted by atomic mass is 32.1. The Hall–Kier alpha value is -1.57. The van der Waals surface area contributed by atoms with E-state index in [-0.39, 0.29) is 11.9 Å². The van der Waals surface area contributed by atoms with E-state index >= 15 is 0 Å². The largest absolute Gasteiger partial charge is 0.378 e. The van der Waals surface area contributed by atoms with Crippen LogP contribution in [0.5, 0.6) is 0 Å². The number of morpholine rings is 1. The molecule has 2 aromatic rings. The standard InChI is InChI=1S/C14H18N4O2S/c1-18(14(19)7-11-9-20-5-4-15-11)8-10-2-3-12-13(6-10)17-21-16-12/h2-3,6,11,15H,4-5,7-9H2,1H3/t11-/m0/s1. The quantitative estimate of drug-likeness (QED) is 0.914. The fourth-order valence-corrected chi connectivity index (χ4v) is 2.92. The molecule has 6 nitrogen and oxygen atoms in total. The van der Waals surface area contributed by atoms with Crippen molar-refractivity contribution in [1.29, 1.82) is 0 Å². The average molecular weight is 306 g/mol. The van der Waals surface area contributed by atoms with Gasteiger partial charge in [0.2, 0.25) is 5.91 Å². The first-order valence-electron chi connectivity index (χ1n) is 6.98. The summed E-state index contributed by atoms with van der Waals surface area (Å²) < 4.78 is 13.8. The molecule has 0 unspecified atom stereocenters. The van der Waals surface area contributed by atoms with E-state index in [4.69, 9.17) is 4.74 Å². The van der Waals surface area contributed by atoms with E-state index in [9.17, 15) is 4.79 Å². The summed E-state index contributed by atoms with van der Waals surface area (Å²) in [5.74, 6) is 0.120. The number of fused-ring (bicyclic) bond motifs is 1. The van der Waals surface area contributed by atoms with Crippen LogP contribution in [-0.2, 0) is 16.1 Å². The number of ether oxygens (including phenoxy) is 1. The molecule has 1 atom stereocenters. The summed E-state index contributed by atoms with van der Waals surface area (Å²) in [6, 6.07) is 6.06. The van der Waals surface area contributed by atoms with E-state index in [0.29, 0.717) is 19.6 Å². The molecule has 21 heavy (non-hydrogen) atoms. The van der Waals surface area contributed by atoms with Crippen molar-refractivity contribution in [2.75, 3.05) is 26.8 Å². The maximum atomic E-state index is 12.2. The second-order valence-electron chi connectivity index (χ2n) is 5.27. The van der Waals surface area contributed by atoms with Crippen LogP contribution in [0.15, 0.2) is 18.2 Å². The van der Waals surface area contributed by atoms with Gasteiger partial charge in [0.1, 0.15) is 11.0 Å². The topological polar surface area (TPSA) is 67.4 Å². The summed E-state index contributed by atoms with van der Waals surface area (Å²) in [5.41, 5.74) is 2.86. The van der Waals surface area contributed by atoms with Gasteiger partial charge in [-0.25, -0.2) is 0 Å². The molecular weight excluding hydrogens is 288 g/mol. The van der Waals surface area contributed by atoms with Crippen LogP contribution in [0.3, 0.4) is 0 Å². The highest BCUT2D eigenvalue weighted by Gasteiger charge is 2.19. The number of carbonyl (C=O) groups is 1. The minimum absolute atomic E-state index is 0.120. The fourth-order valence-electron chi connectivity index (χ4n) is 2.41. The summed E-state index contributed by atoms with van der Waals surface area (Å²) in [5, 5.41) is 3.30. The monoisotopic (exact) mass is 306 g/mol. The number of amides is 1. The molecule has 1 aliphatic heterocycles. The van der Waals surface area contributed by atoms with Crippen LogP contribution in [-0.4, -0.2) is 52.4 Å². The van der Waals surface area contributed by atoms with Crippen molar-refractivity contribution in [3.05, 3.63) is 23.8 Å². The Bertz CT molecular complexity index is 624. The van der Waals surface area contributed by atoms with E-state index in [1.54, 1.807) is 4.90 Å². The highest BCUT2D eigenvalue weighted by molar-refractivity contribution is 7.00. The summed E-state index contributed by atoms with van der Waals surface area (Å²) in [6.45, 7) is 2.73. The zero-order valence-electron chi connectivity index (χ0n) is 11.9. The molecular formula is C14H18N4O2S. The number of aromatic nitrogens is 2. The molecule has 1 fully saturated rings. The zero-order valence-corrected chi connectivity index (χ0v) is 12.7. The zero-order chi connectivity index (χ0) is 14.7. The van der Waals surface area contributed by atoms with Crippen LogP contribution >= 0.6 is 11.7 Å². The summed E-state index contributed by atoms with van der Waals surface area (Å²) in [7, 11) is 1.83. The van der Waals surface area contributed by atoms with Crippen molar-refractivity contribution in [2.45, 2.75) is 19.0 Å². The number of hydrogen-bond donors (Lipinski definition) is 1. The van der Waals surface area contributed by atoms with Gasteiger partial charge in [-0.3, -0.25) is 4.79 Å². The van der Waals surface area contributed by atoms with Gasteiger partial charge < -0.3 is 15.0 Å². The van der Waals surface area contributed by atoms with Crippen LogP contribution in [0.4, 0.5) is 0 Å². The van der Waals surface area contributed by atoms with Gasteiger partial charge in [-0.05, 0) is 17.7 Å². The summed E-state index contributed by atoms with van der Waals surface area (Å²) in [6.07, 6.45) is 0.469. The van der Waals surface area contributed by atoms with Crippen molar-refractivity contribution in [3.63, 3.8) is 0 Å². The minimum Gasteiger partial charge on any atom is -0.378 e. The molecule has 3 rings (SSSR count). The lowest BCUT2D eigenvalue weighted by Gasteiger charge is -2.25. The van der Waals surface area contributed by atoms with E-state index in [2.05, 4.69) is 14.1 Å². The van der Waals surface area contributed by atoms with Crippen LogP contribution in [0, 0.1) is 0 Å². The Morgan fingerprint density at radius 2 is 2.33 bits per heavy atom. The third-order valence-electron chi connectivity index (χ3n) is 3.58. The predicted octanol–water partition coefficient (Wildman–Crippen LogP) is 1.03. The maximum Gasteiger partial charge on any atom is 0.224 e. The van der Waals surface area contributed by atoms with E-state index < -0.39 is 0 Å². The van der Waals surface area contributed by atoms with Gasteiger partial charge in [-0.1, -0.05) is 6.07 Å². The van der Waals surface area contributed by atoms with Crippen molar-refractivity contribution in [1.82, 2.24) is 19.0 Å². The Morgan fingerprint density at radius 1 is 1.48 bits per heavy atom. The average Bonchev–Trinajstić information content (AvgIpc) is 2.95. The normalized spacial score (nSPS) is 18.8. The fraction of sp³-hybridized carbons (Fsp3) is 0.500. The Labute approximate surface area is 127 Å². The minimum atomic E-state index is 0.120. The first-order chi connectivity index (χ1) is 10.2. The van der Waals surface area contributed by atoms with Crippen molar-refractivity contribution >= 4 is 28.7 Å². The first kappa shape index (κ1) is 14.4. The second kappa shape index (κ2) is 6.46. The molecule has 1 aliphatic rings. The van der Waals surface area contributed by atoms with Gasteiger partial charge in [-0.2, -0.15) is 8.75 Å². The lowest BCUT2D eigenvalue weighted by molar-refractivity contribution is -0.131. The summed E-state index contributed by atoms with van der Waals surface area (Å²) in [4.78, 5) is 14.0. The summed E-state index contributed by atoms with van der Waals surface area (Å²) >= 11 is 1.21. The maximum absolute atomic E-state index is 12.2. The van der Waals surface area contributed by atoms with Gasteiger partial charge in [-0.15, -0.1) is 0 Å². The molecule has 0 saturated carbocycles. The SMILES string of the molecule is CN(Cc1ccc2nsnc2c1)C(=O)C[C@H]1COCCN1. The number of hydrogen-bond acceptors (Lipinski definition) is 6. The van der Waals surface area contributed by atoms with Gasteiger partial charge >= 0.3 is 0 Å². The number of nitrogens with zero attached hydrogens (tertiary/aromatic N) is 3. The molecule has 1 N–H and O–H groups in total. The van der Waals surface area contributed by atoms with Crippen LogP contribution in [0.2, 0.25) is 0 Å². The molecule has 1 saturated heterocycles. The van der Waals surface area contributed by atoms with Gasteiger partial charge in [0, 0.05) is 32.6 Å². The number of rotatable bonds is 4. The molecule has 1 aromatic heterocycles. The number of benzene rings is 1. The van der Waals surface area contributed by atoms with Crippen molar-refractivity contribution in [3.8, 4) is 0 Å². The van der Waals surface area contributed by atoms with Gasteiger partial charge in [0.15, 0.2) is 0 Å². The van der Waals surface area contributed by atoms with Crippen LogP contribution in [0.25, 0.3) is 11.0 Å². The Balaban J connectivity index is 1.59. The molecule has 112 valence electrons. The first-order valence-corrected chi connectivity index (χ1v) is 7.72. The molecule has 7 heteroatoms. The Morgan fingerprint density at radius 3 is 3.14 bits per heavy atom. The van der Waals surface area contributed by atoms with Gasteiger partial charge in [0.25, 0.3) is 0 Å². The van der Waals surface area contributed by atoms with Crippen molar-refractivity contribution in [2.24, 2.45) is 0 Å². The molecule has 0 radical (unpaired) electrons. The number of nitrogens with one attached hydrogen (secondary N) is 1. The molecule has 0 aliphatic carbocycles. The number of carbonyl (C=O) groups excluding carboxylic acids is 1. The molecule has 0 bridgehead atoms. The second-order valence-corrected chi connectivity index (χ2v) is 5.80. The predicted molar refractivity (Wildman–Crippen MR) is 81.1 cm³/mol. The van der Waals surface area contributed by atoms with Crippen LogP contribution in [0.1, 0.15) is 12.0 Å². The van der Waals surface area contributed by atoms with E-state index in [1.165, 1.54) is 11.7 Å². The van der Waals surface area contributed by atoms with Crippen molar-refractivity contribution < 1.29 is 9.53 Å². The smallest absolute Gasteiger partial charge is 0.224 e. The third-order valence-corrected chi connectivity index (χ3v) is 4.14. The molecule has 1 aromatic carbocycles. The molecule has 2 heterocycles.